The average molecular weight is 305 g/mol. The Hall–Kier alpha value is -2.18. The third kappa shape index (κ3) is 4.41. The molecule has 2 rings (SSSR count). The van der Waals surface area contributed by atoms with E-state index in [1.807, 2.05) is 6.92 Å². The van der Waals surface area contributed by atoms with E-state index in [2.05, 4.69) is 34.3 Å². The fourth-order valence-electron chi connectivity index (χ4n) is 2.26. The highest BCUT2D eigenvalue weighted by atomic mass is 16.6. The molecule has 0 aromatic carbocycles. The largest absolute Gasteiger partial charge is 0.390 e. The van der Waals surface area contributed by atoms with Gasteiger partial charge in [0.05, 0.1) is 12.3 Å². The van der Waals surface area contributed by atoms with E-state index >= 15 is 0 Å². The summed E-state index contributed by atoms with van der Waals surface area (Å²) in [6.07, 6.45) is 2.27. The molecule has 1 aliphatic heterocycles. The van der Waals surface area contributed by atoms with E-state index in [1.54, 1.807) is 6.07 Å². The highest BCUT2D eigenvalue weighted by Crippen LogP contribution is 2.12. The Morgan fingerprint density at radius 2 is 2.27 bits per heavy atom. The maximum Gasteiger partial charge on any atom is 0.270 e. The van der Waals surface area contributed by atoms with Crippen LogP contribution in [0, 0.1) is 5.92 Å². The monoisotopic (exact) mass is 305 g/mol. The molecule has 120 valence electrons. The van der Waals surface area contributed by atoms with Crippen molar-refractivity contribution in [1.29, 1.82) is 0 Å². The van der Waals surface area contributed by atoms with Gasteiger partial charge in [0.25, 0.3) is 5.91 Å². The molecule has 0 aliphatic carbocycles. The van der Waals surface area contributed by atoms with Gasteiger partial charge >= 0.3 is 0 Å². The Labute approximate surface area is 130 Å². The Kier molecular flexibility index (Phi) is 5.30. The highest BCUT2D eigenvalue weighted by molar-refractivity contribution is 5.92. The van der Waals surface area contributed by atoms with Crippen molar-refractivity contribution in [1.82, 2.24) is 15.3 Å². The number of nitrogens with zero attached hydrogens (tertiary/aromatic N) is 3. The summed E-state index contributed by atoms with van der Waals surface area (Å²) < 4.78 is 0. The van der Waals surface area contributed by atoms with Crippen LogP contribution in [-0.2, 0) is 11.3 Å². The van der Waals surface area contributed by atoms with Crippen LogP contribution in [-0.4, -0.2) is 34.2 Å². The van der Waals surface area contributed by atoms with Gasteiger partial charge in [0.1, 0.15) is 11.8 Å². The third-order valence-electron chi connectivity index (χ3n) is 3.34. The Morgan fingerprint density at radius 3 is 2.91 bits per heavy atom. The van der Waals surface area contributed by atoms with Gasteiger partial charge in [0, 0.05) is 12.1 Å². The molecule has 1 aromatic heterocycles. The molecule has 0 radical (unpaired) electrons. The van der Waals surface area contributed by atoms with Crippen LogP contribution >= 0.6 is 0 Å². The van der Waals surface area contributed by atoms with Gasteiger partial charge in [0.15, 0.2) is 0 Å². The van der Waals surface area contributed by atoms with E-state index in [-0.39, 0.29) is 23.7 Å². The van der Waals surface area contributed by atoms with Crippen molar-refractivity contribution in [2.24, 2.45) is 11.1 Å². The zero-order valence-corrected chi connectivity index (χ0v) is 13.3. The number of nitrogens with two attached hydrogens (primary N) is 1. The fraction of sp³-hybridized carbons (Fsp3) is 0.600. The van der Waals surface area contributed by atoms with Crippen molar-refractivity contribution in [3.05, 3.63) is 17.5 Å². The summed E-state index contributed by atoms with van der Waals surface area (Å²) in [6.45, 7) is 6.60. The molecule has 1 unspecified atom stereocenters. The minimum Gasteiger partial charge on any atom is -0.390 e. The third-order valence-corrected chi connectivity index (χ3v) is 3.34. The SMILES string of the molecule is CCC1=NOC(CNC(=O)c2cc(CC(C)C)nc(N)n2)C1. The standard InChI is InChI=1S/C15H23N5O2/c1-4-10-6-12(22-20-10)8-17-14(21)13-7-11(5-9(2)3)18-15(16)19-13/h7,9,12H,4-6,8H2,1-3H3,(H,17,21)(H2,16,18,19). The number of hydrogen-bond acceptors (Lipinski definition) is 6. The molecule has 1 aromatic rings. The van der Waals surface area contributed by atoms with Crippen molar-refractivity contribution in [3.8, 4) is 0 Å². The van der Waals surface area contributed by atoms with Crippen LogP contribution in [0.15, 0.2) is 11.2 Å². The van der Waals surface area contributed by atoms with Crippen LogP contribution in [0.1, 0.15) is 49.8 Å². The molecule has 1 amide bonds. The van der Waals surface area contributed by atoms with E-state index in [4.69, 9.17) is 10.6 Å². The van der Waals surface area contributed by atoms with Crippen LogP contribution < -0.4 is 11.1 Å². The number of aromatic nitrogens is 2. The molecule has 0 fully saturated rings. The fourth-order valence-corrected chi connectivity index (χ4v) is 2.26. The topological polar surface area (TPSA) is 102 Å². The molecule has 1 atom stereocenters. The van der Waals surface area contributed by atoms with Gasteiger partial charge in [-0.2, -0.15) is 0 Å². The lowest BCUT2D eigenvalue weighted by atomic mass is 10.1. The number of rotatable bonds is 6. The van der Waals surface area contributed by atoms with Gasteiger partial charge in [-0.1, -0.05) is 25.9 Å². The first-order valence-electron chi connectivity index (χ1n) is 7.61. The lowest BCUT2D eigenvalue weighted by Gasteiger charge is -2.11. The Balaban J connectivity index is 1.93. The number of hydrogen-bond donors (Lipinski definition) is 2. The number of anilines is 1. The Morgan fingerprint density at radius 1 is 1.50 bits per heavy atom. The highest BCUT2D eigenvalue weighted by Gasteiger charge is 2.21. The second-order valence-corrected chi connectivity index (χ2v) is 5.85. The zero-order chi connectivity index (χ0) is 16.1. The second-order valence-electron chi connectivity index (χ2n) is 5.85. The van der Waals surface area contributed by atoms with Crippen molar-refractivity contribution in [3.63, 3.8) is 0 Å². The first-order chi connectivity index (χ1) is 10.5. The molecule has 0 saturated heterocycles. The van der Waals surface area contributed by atoms with Crippen LogP contribution in [0.25, 0.3) is 0 Å². The summed E-state index contributed by atoms with van der Waals surface area (Å²) >= 11 is 0. The van der Waals surface area contributed by atoms with Gasteiger partial charge in [-0.3, -0.25) is 4.79 Å². The minimum atomic E-state index is -0.271. The molecule has 0 bridgehead atoms. The molecular weight excluding hydrogens is 282 g/mol. The molecule has 0 saturated carbocycles. The molecule has 7 heteroatoms. The second kappa shape index (κ2) is 7.20. The van der Waals surface area contributed by atoms with Crippen LogP contribution in [0.3, 0.4) is 0 Å². The number of oxime groups is 1. The van der Waals surface area contributed by atoms with Crippen molar-refractivity contribution in [2.75, 3.05) is 12.3 Å². The number of carbonyl (C=O) groups excluding carboxylic acids is 1. The average Bonchev–Trinajstić information content (AvgIpc) is 2.91. The quantitative estimate of drug-likeness (QED) is 0.830. The molecule has 0 spiro atoms. The summed E-state index contributed by atoms with van der Waals surface area (Å²) in [4.78, 5) is 25.6. The lowest BCUT2D eigenvalue weighted by molar-refractivity contribution is 0.0751. The summed E-state index contributed by atoms with van der Waals surface area (Å²) in [7, 11) is 0. The molecule has 3 N–H and O–H groups in total. The zero-order valence-electron chi connectivity index (χ0n) is 13.3. The number of amides is 1. The van der Waals surface area contributed by atoms with Gasteiger partial charge in [0.2, 0.25) is 5.95 Å². The maximum absolute atomic E-state index is 12.2. The number of nitrogens with one attached hydrogen (secondary N) is 1. The smallest absolute Gasteiger partial charge is 0.270 e. The van der Waals surface area contributed by atoms with Crippen LogP contribution in [0.4, 0.5) is 5.95 Å². The van der Waals surface area contributed by atoms with E-state index in [0.717, 1.165) is 30.7 Å². The summed E-state index contributed by atoms with van der Waals surface area (Å²) in [5.41, 5.74) is 7.77. The first-order valence-corrected chi connectivity index (χ1v) is 7.61. The van der Waals surface area contributed by atoms with Crippen molar-refractivity contribution < 1.29 is 9.63 Å². The molecule has 22 heavy (non-hydrogen) atoms. The Bertz CT molecular complexity index is 571. The molecule has 2 heterocycles. The van der Waals surface area contributed by atoms with Gasteiger partial charge in [-0.25, -0.2) is 9.97 Å². The van der Waals surface area contributed by atoms with E-state index < -0.39 is 0 Å². The first kappa shape index (κ1) is 16.2. The van der Waals surface area contributed by atoms with E-state index in [1.165, 1.54) is 0 Å². The van der Waals surface area contributed by atoms with Crippen molar-refractivity contribution >= 4 is 17.6 Å². The molecular formula is C15H23N5O2. The summed E-state index contributed by atoms with van der Waals surface area (Å²) in [6, 6.07) is 1.69. The number of carbonyl (C=O) groups is 1. The predicted molar refractivity (Wildman–Crippen MR) is 84.5 cm³/mol. The van der Waals surface area contributed by atoms with Crippen LogP contribution in [0.5, 0.6) is 0 Å². The van der Waals surface area contributed by atoms with Gasteiger partial charge in [-0.05, 0) is 24.8 Å². The maximum atomic E-state index is 12.2. The van der Waals surface area contributed by atoms with Crippen LogP contribution in [0.2, 0.25) is 0 Å². The normalized spacial score (nSPS) is 17.3. The molecule has 7 nitrogen and oxygen atoms in total. The van der Waals surface area contributed by atoms with Gasteiger partial charge < -0.3 is 15.9 Å². The number of nitrogen functional groups attached to an aromatic ring is 1. The minimum absolute atomic E-state index is 0.104. The van der Waals surface area contributed by atoms with E-state index in [0.29, 0.717) is 12.5 Å². The summed E-state index contributed by atoms with van der Waals surface area (Å²) in [5.74, 6) is 0.284. The van der Waals surface area contributed by atoms with Crippen molar-refractivity contribution in [2.45, 2.75) is 46.1 Å². The molecule has 1 aliphatic rings. The van der Waals surface area contributed by atoms with E-state index in [9.17, 15) is 4.79 Å². The lowest BCUT2D eigenvalue weighted by Crippen LogP contribution is -2.33. The van der Waals surface area contributed by atoms with Gasteiger partial charge in [-0.15, -0.1) is 0 Å². The predicted octanol–water partition coefficient (Wildman–Crippen LogP) is 1.54. The summed E-state index contributed by atoms with van der Waals surface area (Å²) in [5, 5.41) is 6.78.